The second-order valence-corrected chi connectivity index (χ2v) is 6.53. The Morgan fingerprint density at radius 3 is 1.24 bits per heavy atom. The molecule has 3 heterocycles. The molecule has 0 bridgehead atoms. The average molecular weight is 437 g/mol. The molecule has 4 aromatic rings. The lowest BCUT2D eigenvalue weighted by Gasteiger charge is -2.08. The molecule has 6 heteroatoms. The highest BCUT2D eigenvalue weighted by molar-refractivity contribution is 14.1. The second-order valence-electron chi connectivity index (χ2n) is 5.28. The van der Waals surface area contributed by atoms with Gasteiger partial charge in [0.15, 0.2) is 17.5 Å². The van der Waals surface area contributed by atoms with Crippen molar-refractivity contribution in [2.45, 2.75) is 0 Å². The number of pyridine rings is 2. The maximum Gasteiger partial charge on any atom is 0.164 e. The van der Waals surface area contributed by atoms with Crippen molar-refractivity contribution in [2.75, 3.05) is 0 Å². The van der Waals surface area contributed by atoms with E-state index in [-0.39, 0.29) is 0 Å². The van der Waals surface area contributed by atoms with E-state index in [1.807, 2.05) is 48.5 Å². The lowest BCUT2D eigenvalue weighted by Crippen LogP contribution is -2.00. The van der Waals surface area contributed by atoms with Crippen molar-refractivity contribution in [3.8, 4) is 34.2 Å². The first kappa shape index (κ1) is 15.8. The second kappa shape index (κ2) is 7.02. The van der Waals surface area contributed by atoms with Crippen molar-refractivity contribution >= 4 is 22.6 Å². The minimum absolute atomic E-state index is 0.623. The Morgan fingerprint density at radius 1 is 0.480 bits per heavy atom. The predicted octanol–water partition coefficient (Wildman–Crippen LogP) is 4.27. The molecule has 0 atom stereocenters. The van der Waals surface area contributed by atoms with Crippen LogP contribution in [0.5, 0.6) is 0 Å². The SMILES string of the molecule is Ic1ccc(-c2nc(-c3ccncc3)nc(-c3ccncc3)n2)cc1. The van der Waals surface area contributed by atoms with Crippen LogP contribution in [0.2, 0.25) is 0 Å². The molecule has 4 rings (SSSR count). The van der Waals surface area contributed by atoms with Crippen molar-refractivity contribution in [1.82, 2.24) is 24.9 Å². The Hall–Kier alpha value is -2.74. The van der Waals surface area contributed by atoms with Gasteiger partial charge in [0.1, 0.15) is 0 Å². The lowest BCUT2D eigenvalue weighted by atomic mass is 10.2. The van der Waals surface area contributed by atoms with Crippen LogP contribution >= 0.6 is 22.6 Å². The number of hydrogen-bond acceptors (Lipinski definition) is 5. The van der Waals surface area contributed by atoms with Gasteiger partial charge in [0.25, 0.3) is 0 Å². The molecule has 0 spiro atoms. The molecule has 0 amide bonds. The minimum atomic E-state index is 0.623. The monoisotopic (exact) mass is 437 g/mol. The summed E-state index contributed by atoms with van der Waals surface area (Å²) in [5, 5.41) is 0. The zero-order chi connectivity index (χ0) is 17.1. The standard InChI is InChI=1S/C19H12IN5/c20-16-3-1-13(2-4-16)17-23-18(14-5-9-21-10-6-14)25-19(24-17)15-7-11-22-12-8-15/h1-12H. The van der Waals surface area contributed by atoms with E-state index in [2.05, 4.69) is 47.5 Å². The maximum absolute atomic E-state index is 4.66. The van der Waals surface area contributed by atoms with Crippen molar-refractivity contribution in [3.63, 3.8) is 0 Å². The van der Waals surface area contributed by atoms with E-state index in [0.717, 1.165) is 16.7 Å². The summed E-state index contributed by atoms with van der Waals surface area (Å²) >= 11 is 2.28. The number of rotatable bonds is 3. The van der Waals surface area contributed by atoms with Gasteiger partial charge in [-0.25, -0.2) is 15.0 Å². The van der Waals surface area contributed by atoms with Crippen LogP contribution in [0.25, 0.3) is 34.2 Å². The summed E-state index contributed by atoms with van der Waals surface area (Å²) < 4.78 is 1.17. The third kappa shape index (κ3) is 3.53. The number of benzene rings is 1. The van der Waals surface area contributed by atoms with Gasteiger partial charge < -0.3 is 0 Å². The minimum Gasteiger partial charge on any atom is -0.265 e. The molecule has 0 saturated carbocycles. The van der Waals surface area contributed by atoms with Gasteiger partial charge in [-0.05, 0) is 59.0 Å². The van der Waals surface area contributed by atoms with Crippen LogP contribution in [0.3, 0.4) is 0 Å². The molecule has 25 heavy (non-hydrogen) atoms. The normalized spacial score (nSPS) is 10.6. The van der Waals surface area contributed by atoms with E-state index >= 15 is 0 Å². The Balaban J connectivity index is 1.90. The third-order valence-electron chi connectivity index (χ3n) is 3.61. The summed E-state index contributed by atoms with van der Waals surface area (Å²) in [6.45, 7) is 0. The van der Waals surface area contributed by atoms with Gasteiger partial charge in [0, 0.05) is 45.0 Å². The summed E-state index contributed by atoms with van der Waals surface area (Å²) in [5.41, 5.74) is 2.76. The Kier molecular flexibility index (Phi) is 4.43. The van der Waals surface area contributed by atoms with Gasteiger partial charge in [0.05, 0.1) is 0 Å². The van der Waals surface area contributed by atoms with Gasteiger partial charge in [-0.15, -0.1) is 0 Å². The summed E-state index contributed by atoms with van der Waals surface area (Å²) in [6.07, 6.45) is 6.93. The molecule has 3 aromatic heterocycles. The van der Waals surface area contributed by atoms with Crippen LogP contribution < -0.4 is 0 Å². The molecule has 0 fully saturated rings. The van der Waals surface area contributed by atoms with E-state index in [4.69, 9.17) is 0 Å². The molecule has 0 aliphatic rings. The van der Waals surface area contributed by atoms with Gasteiger partial charge >= 0.3 is 0 Å². The van der Waals surface area contributed by atoms with Crippen LogP contribution in [0, 0.1) is 3.57 Å². The molecule has 1 aromatic carbocycles. The molecule has 0 aliphatic heterocycles. The fourth-order valence-electron chi connectivity index (χ4n) is 2.36. The van der Waals surface area contributed by atoms with Gasteiger partial charge in [-0.3, -0.25) is 9.97 Å². The summed E-state index contributed by atoms with van der Waals surface area (Å²) in [6, 6.07) is 15.7. The smallest absolute Gasteiger partial charge is 0.164 e. The van der Waals surface area contributed by atoms with E-state index in [9.17, 15) is 0 Å². The van der Waals surface area contributed by atoms with E-state index in [0.29, 0.717) is 17.5 Å². The highest BCUT2D eigenvalue weighted by Crippen LogP contribution is 2.24. The van der Waals surface area contributed by atoms with E-state index in [1.54, 1.807) is 24.8 Å². The zero-order valence-electron chi connectivity index (χ0n) is 13.0. The molecule has 0 N–H and O–H groups in total. The van der Waals surface area contributed by atoms with Crippen molar-refractivity contribution < 1.29 is 0 Å². The van der Waals surface area contributed by atoms with Crippen molar-refractivity contribution in [2.24, 2.45) is 0 Å². The molecule has 5 nitrogen and oxygen atoms in total. The first-order valence-corrected chi connectivity index (χ1v) is 8.70. The fraction of sp³-hybridized carbons (Fsp3) is 0. The van der Waals surface area contributed by atoms with Gasteiger partial charge in [-0.1, -0.05) is 12.1 Å². The lowest BCUT2D eigenvalue weighted by molar-refractivity contribution is 1.07. The van der Waals surface area contributed by atoms with Crippen LogP contribution in [0.15, 0.2) is 73.3 Å². The van der Waals surface area contributed by atoms with Gasteiger partial charge in [0.2, 0.25) is 0 Å². The number of hydrogen-bond donors (Lipinski definition) is 0. The Labute approximate surface area is 158 Å². The molecule has 0 radical (unpaired) electrons. The van der Waals surface area contributed by atoms with Crippen molar-refractivity contribution in [3.05, 3.63) is 76.9 Å². The van der Waals surface area contributed by atoms with E-state index in [1.165, 1.54) is 3.57 Å². The van der Waals surface area contributed by atoms with Gasteiger partial charge in [-0.2, -0.15) is 0 Å². The predicted molar refractivity (Wildman–Crippen MR) is 104 cm³/mol. The summed E-state index contributed by atoms with van der Waals surface area (Å²) in [7, 11) is 0. The van der Waals surface area contributed by atoms with Crippen LogP contribution in [0.4, 0.5) is 0 Å². The molecule has 0 aliphatic carbocycles. The third-order valence-corrected chi connectivity index (χ3v) is 4.33. The number of nitrogens with zero attached hydrogens (tertiary/aromatic N) is 5. The topological polar surface area (TPSA) is 64.5 Å². The molecule has 0 saturated heterocycles. The fourth-order valence-corrected chi connectivity index (χ4v) is 2.72. The summed E-state index contributed by atoms with van der Waals surface area (Å²) in [4.78, 5) is 22.1. The Bertz CT molecular complexity index is 931. The largest absolute Gasteiger partial charge is 0.265 e. The zero-order valence-corrected chi connectivity index (χ0v) is 15.2. The Morgan fingerprint density at radius 2 is 0.840 bits per heavy atom. The van der Waals surface area contributed by atoms with Crippen LogP contribution in [-0.4, -0.2) is 24.9 Å². The maximum atomic E-state index is 4.66. The van der Waals surface area contributed by atoms with Crippen molar-refractivity contribution in [1.29, 1.82) is 0 Å². The first-order chi connectivity index (χ1) is 12.3. The number of aromatic nitrogens is 5. The number of halogens is 1. The molecular formula is C19H12IN5. The summed E-state index contributed by atoms with van der Waals surface area (Å²) in [5.74, 6) is 1.89. The molecule has 120 valence electrons. The first-order valence-electron chi connectivity index (χ1n) is 7.62. The molecular weight excluding hydrogens is 425 g/mol. The van der Waals surface area contributed by atoms with Crippen LogP contribution in [-0.2, 0) is 0 Å². The quantitative estimate of drug-likeness (QED) is 0.448. The van der Waals surface area contributed by atoms with E-state index < -0.39 is 0 Å². The molecule has 0 unspecified atom stereocenters. The van der Waals surface area contributed by atoms with Crippen LogP contribution in [0.1, 0.15) is 0 Å². The average Bonchev–Trinajstić information content (AvgIpc) is 2.69. The highest BCUT2D eigenvalue weighted by atomic mass is 127. The highest BCUT2D eigenvalue weighted by Gasteiger charge is 2.11.